The molecule has 0 atom stereocenters. The Balaban J connectivity index is 1.81. The molecular weight excluding hydrogens is 414 g/mol. The second-order valence-electron chi connectivity index (χ2n) is 5.54. The highest BCUT2D eigenvalue weighted by Crippen LogP contribution is 2.35. The van der Waals surface area contributed by atoms with Gasteiger partial charge in [-0.25, -0.2) is 4.39 Å². The van der Waals surface area contributed by atoms with Crippen molar-refractivity contribution in [2.75, 3.05) is 5.73 Å². The fraction of sp³-hybridized carbons (Fsp3) is 0.118. The molecular formula is C17H13Cl2FN4O2S. The van der Waals surface area contributed by atoms with Crippen LogP contribution in [0.3, 0.4) is 0 Å². The van der Waals surface area contributed by atoms with Crippen molar-refractivity contribution in [3.8, 4) is 11.5 Å². The maximum Gasteiger partial charge on any atom is 0.265 e. The molecule has 2 aromatic carbocycles. The van der Waals surface area contributed by atoms with Crippen LogP contribution >= 0.6 is 34.7 Å². The average Bonchev–Trinajstić information content (AvgIpc) is 3.03. The van der Waals surface area contributed by atoms with Crippen LogP contribution in [0.4, 0.5) is 10.1 Å². The minimum Gasteiger partial charge on any atom is -0.453 e. The summed E-state index contributed by atoms with van der Waals surface area (Å²) in [7, 11) is 0. The molecule has 3 aromatic rings. The first-order valence-electron chi connectivity index (χ1n) is 7.63. The van der Waals surface area contributed by atoms with Gasteiger partial charge in [-0.3, -0.25) is 4.79 Å². The number of anilines is 1. The lowest BCUT2D eigenvalue weighted by atomic mass is 10.2. The van der Waals surface area contributed by atoms with Crippen molar-refractivity contribution in [1.29, 1.82) is 0 Å². The summed E-state index contributed by atoms with van der Waals surface area (Å²) < 4.78 is 24.1. The van der Waals surface area contributed by atoms with Crippen LogP contribution in [0.15, 0.2) is 30.3 Å². The van der Waals surface area contributed by atoms with Gasteiger partial charge in [0.25, 0.3) is 5.91 Å². The number of carbonyl (C=O) groups excluding carboxylic acids is 1. The van der Waals surface area contributed by atoms with Crippen LogP contribution in [-0.4, -0.2) is 15.5 Å². The molecule has 0 aliphatic rings. The fourth-order valence-corrected chi connectivity index (χ4v) is 3.25. The fourth-order valence-electron chi connectivity index (χ4n) is 2.26. The number of aromatic nitrogens is 2. The van der Waals surface area contributed by atoms with E-state index in [9.17, 15) is 9.18 Å². The molecule has 3 rings (SSSR count). The summed E-state index contributed by atoms with van der Waals surface area (Å²) in [6.07, 6.45) is 0. The number of rotatable bonds is 5. The van der Waals surface area contributed by atoms with E-state index in [1.54, 1.807) is 6.92 Å². The highest BCUT2D eigenvalue weighted by molar-refractivity contribution is 7.07. The van der Waals surface area contributed by atoms with Gasteiger partial charge in [-0.1, -0.05) is 33.8 Å². The molecule has 0 fully saturated rings. The molecule has 140 valence electrons. The average molecular weight is 427 g/mol. The Morgan fingerprint density at radius 3 is 2.78 bits per heavy atom. The number of nitrogens with zero attached hydrogens (tertiary/aromatic N) is 2. The van der Waals surface area contributed by atoms with Crippen LogP contribution in [0.1, 0.15) is 20.9 Å². The first kappa shape index (κ1) is 19.3. The standard InChI is InChI=1S/C17H13Cl2FN4O2S/c1-8-16(27-24-23-8)17(25)22-7-9-2-3-13(19)15(14(9)20)26-12-5-10(18)4-11(21)6-12/h2-6H,7,21H2,1H3,(H,22,25). The van der Waals surface area contributed by atoms with Gasteiger partial charge in [0, 0.05) is 28.9 Å². The third-order valence-corrected chi connectivity index (χ3v) is 4.88. The molecule has 0 aliphatic heterocycles. The molecule has 3 N–H and O–H groups in total. The van der Waals surface area contributed by atoms with Gasteiger partial charge < -0.3 is 15.8 Å². The molecule has 10 heteroatoms. The maximum atomic E-state index is 14.8. The van der Waals surface area contributed by atoms with E-state index in [0.717, 1.165) is 11.5 Å². The van der Waals surface area contributed by atoms with Gasteiger partial charge in [-0.2, -0.15) is 0 Å². The highest BCUT2D eigenvalue weighted by atomic mass is 35.5. The first-order valence-corrected chi connectivity index (χ1v) is 9.16. The Bertz CT molecular complexity index is 992. The number of halogens is 3. The number of aryl methyl sites for hydroxylation is 1. The summed E-state index contributed by atoms with van der Waals surface area (Å²) in [5, 5.41) is 6.81. The van der Waals surface area contributed by atoms with E-state index in [1.807, 2.05) is 0 Å². The number of nitrogens with two attached hydrogens (primary N) is 1. The second kappa shape index (κ2) is 8.08. The number of amides is 1. The Morgan fingerprint density at radius 1 is 1.33 bits per heavy atom. The number of carbonyl (C=O) groups is 1. The molecule has 27 heavy (non-hydrogen) atoms. The molecule has 0 unspecified atom stereocenters. The van der Waals surface area contributed by atoms with Gasteiger partial charge in [0.2, 0.25) is 0 Å². The Morgan fingerprint density at radius 2 is 2.11 bits per heavy atom. The number of hydrogen-bond acceptors (Lipinski definition) is 6. The summed E-state index contributed by atoms with van der Waals surface area (Å²) in [6, 6.07) is 7.47. The second-order valence-corrected chi connectivity index (χ2v) is 7.14. The highest BCUT2D eigenvalue weighted by Gasteiger charge is 2.18. The normalized spacial score (nSPS) is 10.7. The molecule has 0 saturated carbocycles. The topological polar surface area (TPSA) is 90.1 Å². The Labute approximate surface area is 168 Å². The van der Waals surface area contributed by atoms with Crippen LogP contribution in [0, 0.1) is 12.7 Å². The summed E-state index contributed by atoms with van der Waals surface area (Å²) in [5.74, 6) is -1.02. The van der Waals surface area contributed by atoms with Gasteiger partial charge in [0.15, 0.2) is 11.6 Å². The SMILES string of the molecule is Cc1nnsc1C(=O)NCc1ccc(Cl)c(Oc2cc(N)cc(Cl)c2)c1F. The van der Waals surface area contributed by atoms with Gasteiger partial charge in [-0.15, -0.1) is 5.10 Å². The van der Waals surface area contributed by atoms with Gasteiger partial charge in [-0.05, 0) is 36.7 Å². The maximum absolute atomic E-state index is 14.8. The lowest BCUT2D eigenvalue weighted by Crippen LogP contribution is -2.23. The molecule has 1 heterocycles. The molecule has 0 aliphatic carbocycles. The third kappa shape index (κ3) is 4.47. The molecule has 0 bridgehead atoms. The number of nitrogens with one attached hydrogen (secondary N) is 1. The zero-order valence-corrected chi connectivity index (χ0v) is 16.3. The van der Waals surface area contributed by atoms with E-state index in [0.29, 0.717) is 21.3 Å². The lowest BCUT2D eigenvalue weighted by Gasteiger charge is -2.13. The summed E-state index contributed by atoms with van der Waals surface area (Å²) >= 11 is 13.0. The van der Waals surface area contributed by atoms with E-state index >= 15 is 0 Å². The molecule has 0 spiro atoms. The summed E-state index contributed by atoms with van der Waals surface area (Å²) in [6.45, 7) is 1.61. The zero-order valence-electron chi connectivity index (χ0n) is 13.9. The van der Waals surface area contributed by atoms with E-state index in [2.05, 4.69) is 14.9 Å². The zero-order chi connectivity index (χ0) is 19.6. The molecule has 1 aromatic heterocycles. The van der Waals surface area contributed by atoms with Crippen LogP contribution in [0.5, 0.6) is 11.5 Å². The van der Waals surface area contributed by atoms with Crippen molar-refractivity contribution >= 4 is 46.3 Å². The van der Waals surface area contributed by atoms with E-state index in [-0.39, 0.29) is 34.5 Å². The van der Waals surface area contributed by atoms with Crippen LogP contribution in [-0.2, 0) is 6.54 Å². The van der Waals surface area contributed by atoms with Gasteiger partial charge >= 0.3 is 0 Å². The van der Waals surface area contributed by atoms with Crippen LogP contribution < -0.4 is 15.8 Å². The number of ether oxygens (including phenoxy) is 1. The third-order valence-electron chi connectivity index (χ3n) is 3.54. The summed E-state index contributed by atoms with van der Waals surface area (Å²) in [5.41, 5.74) is 6.79. The van der Waals surface area contributed by atoms with Crippen molar-refractivity contribution in [2.45, 2.75) is 13.5 Å². The predicted molar refractivity (Wildman–Crippen MR) is 103 cm³/mol. The largest absolute Gasteiger partial charge is 0.453 e. The number of nitrogen functional groups attached to an aromatic ring is 1. The molecule has 6 nitrogen and oxygen atoms in total. The first-order chi connectivity index (χ1) is 12.8. The van der Waals surface area contributed by atoms with Gasteiger partial charge in [0.05, 0.1) is 10.7 Å². The number of benzene rings is 2. The smallest absolute Gasteiger partial charge is 0.265 e. The van der Waals surface area contributed by atoms with Crippen molar-refractivity contribution in [3.63, 3.8) is 0 Å². The van der Waals surface area contributed by atoms with Gasteiger partial charge in [0.1, 0.15) is 10.6 Å². The predicted octanol–water partition coefficient (Wildman–Crippen LogP) is 4.60. The summed E-state index contributed by atoms with van der Waals surface area (Å²) in [4.78, 5) is 12.5. The monoisotopic (exact) mass is 426 g/mol. The Hall–Kier alpha value is -2.42. The van der Waals surface area contributed by atoms with Crippen molar-refractivity contribution in [3.05, 3.63) is 62.3 Å². The van der Waals surface area contributed by atoms with E-state index in [1.165, 1.54) is 30.3 Å². The van der Waals surface area contributed by atoms with E-state index < -0.39 is 5.82 Å². The molecule has 0 radical (unpaired) electrons. The lowest BCUT2D eigenvalue weighted by molar-refractivity contribution is 0.0954. The quantitative estimate of drug-likeness (QED) is 0.581. The van der Waals surface area contributed by atoms with Crippen molar-refractivity contribution < 1.29 is 13.9 Å². The minimum absolute atomic E-state index is 0.0623. The molecule has 1 amide bonds. The number of hydrogen-bond donors (Lipinski definition) is 2. The van der Waals surface area contributed by atoms with Crippen LogP contribution in [0.2, 0.25) is 10.0 Å². The van der Waals surface area contributed by atoms with Crippen LogP contribution in [0.25, 0.3) is 0 Å². The Kier molecular flexibility index (Phi) is 5.79. The molecule has 0 saturated heterocycles. The van der Waals surface area contributed by atoms with E-state index in [4.69, 9.17) is 33.7 Å². The minimum atomic E-state index is -0.694. The van der Waals surface area contributed by atoms with Crippen molar-refractivity contribution in [2.24, 2.45) is 0 Å². The van der Waals surface area contributed by atoms with Crippen molar-refractivity contribution in [1.82, 2.24) is 14.9 Å².